The first kappa shape index (κ1) is 8.04. The topological polar surface area (TPSA) is 26.3 Å². The van der Waals surface area contributed by atoms with Crippen LogP contribution in [0.15, 0.2) is 18.2 Å². The molecule has 0 aromatic heterocycles. The van der Waals surface area contributed by atoms with Gasteiger partial charge in [0.15, 0.2) is 0 Å². The Hall–Kier alpha value is -1.31. The van der Waals surface area contributed by atoms with Gasteiger partial charge in [-0.15, -0.1) is 0 Å². The molecule has 2 atom stereocenters. The zero-order chi connectivity index (χ0) is 9.54. The van der Waals surface area contributed by atoms with Gasteiger partial charge in [-0.2, -0.15) is 0 Å². The first-order valence-corrected chi connectivity index (χ1v) is 5.09. The molecular weight excluding hydrogens is 176 g/mol. The number of fused-ring (bicyclic) bond motifs is 1. The second-order valence-electron chi connectivity index (χ2n) is 4.11. The zero-order valence-corrected chi connectivity index (χ0v) is 7.90. The molecule has 0 saturated heterocycles. The normalized spacial score (nSPS) is 28.0. The van der Waals surface area contributed by atoms with Crippen LogP contribution < -0.4 is 4.74 Å². The van der Waals surface area contributed by atoms with Crippen LogP contribution in [0.25, 0.3) is 0 Å². The number of carbonyl (C=O) groups is 1. The van der Waals surface area contributed by atoms with Crippen LogP contribution in [0.5, 0.6) is 5.75 Å². The van der Waals surface area contributed by atoms with E-state index in [-0.39, 0.29) is 5.92 Å². The fourth-order valence-electron chi connectivity index (χ4n) is 2.19. The van der Waals surface area contributed by atoms with Gasteiger partial charge < -0.3 is 9.53 Å². The highest BCUT2D eigenvalue weighted by atomic mass is 16.5. The number of hydrogen-bond acceptors (Lipinski definition) is 2. The average molecular weight is 188 g/mol. The van der Waals surface area contributed by atoms with Crippen LogP contribution in [0.1, 0.15) is 23.5 Å². The lowest BCUT2D eigenvalue weighted by molar-refractivity contribution is -0.108. The third-order valence-corrected chi connectivity index (χ3v) is 3.16. The molecule has 0 radical (unpaired) electrons. The minimum Gasteiger partial charge on any atom is -0.493 e. The van der Waals surface area contributed by atoms with Crippen molar-refractivity contribution in [3.8, 4) is 5.75 Å². The molecule has 1 heterocycles. The van der Waals surface area contributed by atoms with Gasteiger partial charge >= 0.3 is 0 Å². The van der Waals surface area contributed by atoms with E-state index in [4.69, 9.17) is 4.74 Å². The van der Waals surface area contributed by atoms with Gasteiger partial charge in [-0.05, 0) is 29.5 Å². The first-order valence-electron chi connectivity index (χ1n) is 5.09. The molecule has 2 nitrogen and oxygen atoms in total. The van der Waals surface area contributed by atoms with Gasteiger partial charge in [-0.3, -0.25) is 0 Å². The summed E-state index contributed by atoms with van der Waals surface area (Å²) in [6.07, 6.45) is 3.12. The van der Waals surface area contributed by atoms with Crippen LogP contribution >= 0.6 is 0 Å². The Balaban J connectivity index is 1.90. The van der Waals surface area contributed by atoms with Crippen molar-refractivity contribution in [3.63, 3.8) is 0 Å². The number of hydrogen-bond donors (Lipinski definition) is 0. The molecule has 1 fully saturated rings. The second-order valence-corrected chi connectivity index (χ2v) is 4.11. The third kappa shape index (κ3) is 1.14. The molecule has 1 aromatic rings. The monoisotopic (exact) mass is 188 g/mol. The molecular formula is C12H12O2. The fourth-order valence-corrected chi connectivity index (χ4v) is 2.19. The molecule has 0 amide bonds. The summed E-state index contributed by atoms with van der Waals surface area (Å²) in [5, 5.41) is 0. The van der Waals surface area contributed by atoms with E-state index in [0.29, 0.717) is 5.92 Å². The second kappa shape index (κ2) is 2.84. The van der Waals surface area contributed by atoms with Gasteiger partial charge in [0.05, 0.1) is 6.61 Å². The Morgan fingerprint density at radius 3 is 3.14 bits per heavy atom. The van der Waals surface area contributed by atoms with Crippen molar-refractivity contribution in [1.29, 1.82) is 0 Å². The minimum absolute atomic E-state index is 0.273. The molecule has 2 aliphatic rings. The molecule has 72 valence electrons. The minimum atomic E-state index is 0.273. The lowest BCUT2D eigenvalue weighted by Gasteiger charge is -2.02. The summed E-state index contributed by atoms with van der Waals surface area (Å²) in [6.45, 7) is 0.806. The van der Waals surface area contributed by atoms with E-state index in [1.807, 2.05) is 6.07 Å². The van der Waals surface area contributed by atoms with Crippen molar-refractivity contribution >= 4 is 6.29 Å². The maximum atomic E-state index is 10.6. The van der Waals surface area contributed by atoms with Gasteiger partial charge in [0, 0.05) is 12.3 Å². The Labute approximate surface area is 82.9 Å². The predicted octanol–water partition coefficient (Wildman–Crippen LogP) is 1.92. The molecule has 0 N–H and O–H groups in total. The molecule has 0 unspecified atom stereocenters. The lowest BCUT2D eigenvalue weighted by atomic mass is 10.0. The van der Waals surface area contributed by atoms with E-state index in [1.54, 1.807) is 0 Å². The predicted molar refractivity (Wildman–Crippen MR) is 52.6 cm³/mol. The van der Waals surface area contributed by atoms with Gasteiger partial charge in [0.25, 0.3) is 0 Å². The highest BCUT2D eigenvalue weighted by molar-refractivity contribution is 5.61. The molecule has 3 rings (SSSR count). The number of aldehydes is 1. The van der Waals surface area contributed by atoms with Crippen molar-refractivity contribution in [1.82, 2.24) is 0 Å². The average Bonchev–Trinajstić information content (AvgIpc) is 2.87. The van der Waals surface area contributed by atoms with Crippen LogP contribution in [0.4, 0.5) is 0 Å². The van der Waals surface area contributed by atoms with Crippen LogP contribution in [0.2, 0.25) is 0 Å². The zero-order valence-electron chi connectivity index (χ0n) is 7.90. The molecule has 1 saturated carbocycles. The van der Waals surface area contributed by atoms with Gasteiger partial charge in [-0.1, -0.05) is 12.1 Å². The van der Waals surface area contributed by atoms with Gasteiger partial charge in [0.2, 0.25) is 0 Å². The van der Waals surface area contributed by atoms with Crippen LogP contribution in [-0.2, 0) is 11.2 Å². The summed E-state index contributed by atoms with van der Waals surface area (Å²) in [5.41, 5.74) is 2.62. The van der Waals surface area contributed by atoms with E-state index in [1.165, 1.54) is 11.1 Å². The largest absolute Gasteiger partial charge is 0.493 e. The van der Waals surface area contributed by atoms with E-state index < -0.39 is 0 Å². The van der Waals surface area contributed by atoms with Crippen molar-refractivity contribution in [3.05, 3.63) is 29.3 Å². The van der Waals surface area contributed by atoms with Crippen LogP contribution in [0.3, 0.4) is 0 Å². The van der Waals surface area contributed by atoms with Crippen LogP contribution in [-0.4, -0.2) is 12.9 Å². The Morgan fingerprint density at radius 1 is 1.43 bits per heavy atom. The number of ether oxygens (including phenoxy) is 1. The SMILES string of the molecule is O=C[C@@H]1C[C@H]1c1ccc2c(c1)CCO2. The maximum absolute atomic E-state index is 10.6. The maximum Gasteiger partial charge on any atom is 0.123 e. The summed E-state index contributed by atoms with van der Waals surface area (Å²) in [5.74, 6) is 1.78. The van der Waals surface area contributed by atoms with Crippen molar-refractivity contribution < 1.29 is 9.53 Å². The standard InChI is InChI=1S/C12H12O2/c13-7-10-6-11(10)8-1-2-12-9(5-8)3-4-14-12/h1-2,5,7,10-11H,3-4,6H2/t10-,11-/m0/s1. The van der Waals surface area contributed by atoms with E-state index in [9.17, 15) is 4.79 Å². The van der Waals surface area contributed by atoms with Gasteiger partial charge in [0.1, 0.15) is 12.0 Å². The summed E-state index contributed by atoms with van der Waals surface area (Å²) < 4.78 is 5.44. The molecule has 0 bridgehead atoms. The smallest absolute Gasteiger partial charge is 0.123 e. The van der Waals surface area contributed by atoms with Gasteiger partial charge in [-0.25, -0.2) is 0 Å². The summed E-state index contributed by atoms with van der Waals surface area (Å²) in [4.78, 5) is 10.6. The highest BCUT2D eigenvalue weighted by Gasteiger charge is 2.38. The van der Waals surface area contributed by atoms with Crippen molar-refractivity contribution in [2.75, 3.05) is 6.61 Å². The van der Waals surface area contributed by atoms with Crippen molar-refractivity contribution in [2.24, 2.45) is 5.92 Å². The third-order valence-electron chi connectivity index (χ3n) is 3.16. The molecule has 1 aliphatic heterocycles. The summed E-state index contributed by atoms with van der Waals surface area (Å²) in [6, 6.07) is 6.34. The molecule has 14 heavy (non-hydrogen) atoms. The molecule has 1 aliphatic carbocycles. The van der Waals surface area contributed by atoms with E-state index in [2.05, 4.69) is 12.1 Å². The van der Waals surface area contributed by atoms with Crippen molar-refractivity contribution in [2.45, 2.75) is 18.8 Å². The summed E-state index contributed by atoms with van der Waals surface area (Å²) in [7, 11) is 0. The van der Waals surface area contributed by atoms with Crippen LogP contribution in [0, 0.1) is 5.92 Å². The van der Waals surface area contributed by atoms with E-state index >= 15 is 0 Å². The molecule has 1 aromatic carbocycles. The van der Waals surface area contributed by atoms with E-state index in [0.717, 1.165) is 31.5 Å². The lowest BCUT2D eigenvalue weighted by Crippen LogP contribution is -1.86. The first-order chi connectivity index (χ1) is 6.88. The molecule has 2 heteroatoms. The number of benzene rings is 1. The Bertz CT molecular complexity index is 384. The Morgan fingerprint density at radius 2 is 2.36 bits per heavy atom. The highest BCUT2D eigenvalue weighted by Crippen LogP contribution is 2.47. The quantitative estimate of drug-likeness (QED) is 0.663. The Kier molecular flexibility index (Phi) is 1.63. The molecule has 0 spiro atoms. The summed E-state index contributed by atoms with van der Waals surface area (Å²) >= 11 is 0. The fraction of sp³-hybridized carbons (Fsp3) is 0.417. The number of rotatable bonds is 2. The number of carbonyl (C=O) groups excluding carboxylic acids is 1.